The molecule has 0 saturated carbocycles. The normalized spacial score (nSPS) is 11.1. The van der Waals surface area contributed by atoms with E-state index >= 15 is 0 Å². The second kappa shape index (κ2) is 5.73. The van der Waals surface area contributed by atoms with E-state index in [9.17, 15) is 0 Å². The smallest absolute Gasteiger partial charge is 0.211 e. The van der Waals surface area contributed by atoms with E-state index in [4.69, 9.17) is 21.1 Å². The number of aryl methyl sites for hydroxylation is 2. The van der Waals surface area contributed by atoms with Crippen LogP contribution in [0, 0.1) is 13.8 Å². The minimum Gasteiger partial charge on any atom is -0.352 e. The Morgan fingerprint density at radius 1 is 0.958 bits per heavy atom. The molecule has 24 heavy (non-hydrogen) atoms. The van der Waals surface area contributed by atoms with Crippen molar-refractivity contribution in [1.82, 2.24) is 15.1 Å². The highest BCUT2D eigenvalue weighted by Crippen LogP contribution is 2.33. The molecule has 0 amide bonds. The molecule has 4 aromatic rings. The third-order valence-corrected chi connectivity index (χ3v) is 4.19. The summed E-state index contributed by atoms with van der Waals surface area (Å²) < 4.78 is 5.50. The lowest BCUT2D eigenvalue weighted by molar-refractivity contribution is 0.450. The average molecular weight is 336 g/mol. The summed E-state index contributed by atoms with van der Waals surface area (Å²) >= 11 is 6.09. The van der Waals surface area contributed by atoms with Gasteiger partial charge >= 0.3 is 0 Å². The van der Waals surface area contributed by atoms with Crippen molar-refractivity contribution in [1.29, 1.82) is 0 Å². The monoisotopic (exact) mass is 335 g/mol. The number of halogens is 1. The van der Waals surface area contributed by atoms with Crippen LogP contribution in [0.1, 0.15) is 11.3 Å². The van der Waals surface area contributed by atoms with Crippen LogP contribution in [0.5, 0.6) is 0 Å². The van der Waals surface area contributed by atoms with Gasteiger partial charge in [-0.1, -0.05) is 53.2 Å². The Hall–Kier alpha value is -2.72. The number of rotatable bonds is 2. The zero-order chi connectivity index (χ0) is 16.7. The standard InChI is InChI=1S/C19H14ClN3O/c1-11-10-14(20)8-9-15(11)17-18-16(12(2)23-24-18)21-19(22-17)13-6-4-3-5-7-13/h3-10H,1-2H3. The molecule has 0 aliphatic heterocycles. The van der Waals surface area contributed by atoms with Crippen LogP contribution in [0.4, 0.5) is 0 Å². The lowest BCUT2D eigenvalue weighted by Gasteiger charge is -2.08. The van der Waals surface area contributed by atoms with Crippen molar-refractivity contribution in [2.75, 3.05) is 0 Å². The highest BCUT2D eigenvalue weighted by molar-refractivity contribution is 6.30. The van der Waals surface area contributed by atoms with E-state index in [1.165, 1.54) is 0 Å². The summed E-state index contributed by atoms with van der Waals surface area (Å²) in [5.74, 6) is 0.652. The molecule has 0 unspecified atom stereocenters. The van der Waals surface area contributed by atoms with Crippen molar-refractivity contribution < 1.29 is 4.52 Å². The zero-order valence-electron chi connectivity index (χ0n) is 13.2. The third-order valence-electron chi connectivity index (χ3n) is 3.96. The fourth-order valence-electron chi connectivity index (χ4n) is 2.73. The molecule has 0 radical (unpaired) electrons. The molecule has 5 heteroatoms. The Balaban J connectivity index is 2.04. The molecular formula is C19H14ClN3O. The first-order valence-electron chi connectivity index (χ1n) is 7.59. The van der Waals surface area contributed by atoms with E-state index in [1.54, 1.807) is 0 Å². The first kappa shape index (κ1) is 14.8. The van der Waals surface area contributed by atoms with Gasteiger partial charge in [-0.25, -0.2) is 9.97 Å². The second-order valence-corrected chi connectivity index (χ2v) is 6.10. The Kier molecular flexibility index (Phi) is 3.54. The molecule has 0 N–H and O–H groups in total. The van der Waals surface area contributed by atoms with Crippen molar-refractivity contribution in [3.63, 3.8) is 0 Å². The number of benzene rings is 2. The largest absolute Gasteiger partial charge is 0.352 e. The van der Waals surface area contributed by atoms with Crippen molar-refractivity contribution in [2.24, 2.45) is 0 Å². The SMILES string of the molecule is Cc1cc(Cl)ccc1-c1nc(-c2ccccc2)nc2c(C)noc12. The Morgan fingerprint density at radius 2 is 1.75 bits per heavy atom. The average Bonchev–Trinajstić information content (AvgIpc) is 2.96. The molecule has 4 rings (SSSR count). The number of hydrogen-bond acceptors (Lipinski definition) is 4. The predicted octanol–water partition coefficient (Wildman–Crippen LogP) is 5.22. The fourth-order valence-corrected chi connectivity index (χ4v) is 2.96. The van der Waals surface area contributed by atoms with E-state index in [2.05, 4.69) is 10.1 Å². The third kappa shape index (κ3) is 2.45. The van der Waals surface area contributed by atoms with Crippen molar-refractivity contribution in [2.45, 2.75) is 13.8 Å². The van der Waals surface area contributed by atoms with Crippen molar-refractivity contribution >= 4 is 22.7 Å². The lowest BCUT2D eigenvalue weighted by Crippen LogP contribution is -1.95. The van der Waals surface area contributed by atoms with Gasteiger partial charge in [0.1, 0.15) is 16.9 Å². The maximum atomic E-state index is 6.09. The maximum absolute atomic E-state index is 6.09. The Labute approximate surface area is 144 Å². The van der Waals surface area contributed by atoms with Gasteiger partial charge in [-0.2, -0.15) is 0 Å². The summed E-state index contributed by atoms with van der Waals surface area (Å²) in [4.78, 5) is 9.40. The van der Waals surface area contributed by atoms with Gasteiger partial charge in [0.2, 0.25) is 5.58 Å². The molecule has 0 saturated heterocycles. The van der Waals surface area contributed by atoms with E-state index in [0.717, 1.165) is 33.6 Å². The van der Waals surface area contributed by atoms with Crippen LogP contribution in [-0.4, -0.2) is 15.1 Å². The van der Waals surface area contributed by atoms with Crippen LogP contribution in [0.25, 0.3) is 33.7 Å². The zero-order valence-corrected chi connectivity index (χ0v) is 14.0. The van der Waals surface area contributed by atoms with Crippen LogP contribution in [-0.2, 0) is 0 Å². The molecule has 0 bridgehead atoms. The van der Waals surface area contributed by atoms with Crippen LogP contribution < -0.4 is 0 Å². The molecule has 0 spiro atoms. The summed E-state index contributed by atoms with van der Waals surface area (Å²) in [6.45, 7) is 3.88. The molecular weight excluding hydrogens is 322 g/mol. The van der Waals surface area contributed by atoms with E-state index in [1.807, 2.05) is 62.4 Å². The summed E-state index contributed by atoms with van der Waals surface area (Å²) in [6.07, 6.45) is 0. The number of hydrogen-bond donors (Lipinski definition) is 0. The van der Waals surface area contributed by atoms with E-state index < -0.39 is 0 Å². The predicted molar refractivity (Wildman–Crippen MR) is 95.0 cm³/mol. The highest BCUT2D eigenvalue weighted by Gasteiger charge is 2.18. The quantitative estimate of drug-likeness (QED) is 0.504. The van der Waals surface area contributed by atoms with Gasteiger partial charge < -0.3 is 4.52 Å². The number of fused-ring (bicyclic) bond motifs is 1. The van der Waals surface area contributed by atoms with Crippen molar-refractivity contribution in [3.05, 3.63) is 64.8 Å². The minimum atomic E-state index is 0.595. The van der Waals surface area contributed by atoms with Crippen LogP contribution in [0.15, 0.2) is 53.1 Å². The number of nitrogens with zero attached hydrogens (tertiary/aromatic N) is 3. The maximum Gasteiger partial charge on any atom is 0.211 e. The number of aromatic nitrogens is 3. The second-order valence-electron chi connectivity index (χ2n) is 5.67. The van der Waals surface area contributed by atoms with Crippen LogP contribution in [0.2, 0.25) is 5.02 Å². The molecule has 0 aliphatic rings. The first-order chi connectivity index (χ1) is 11.6. The summed E-state index contributed by atoms with van der Waals surface area (Å²) in [5, 5.41) is 4.75. The molecule has 2 aromatic heterocycles. The van der Waals surface area contributed by atoms with Gasteiger partial charge in [0, 0.05) is 16.1 Å². The molecule has 0 fully saturated rings. The van der Waals surface area contributed by atoms with Gasteiger partial charge in [0.15, 0.2) is 5.82 Å². The van der Waals surface area contributed by atoms with E-state index in [0.29, 0.717) is 16.4 Å². The van der Waals surface area contributed by atoms with Gasteiger partial charge in [-0.15, -0.1) is 0 Å². The molecule has 2 heterocycles. The molecule has 0 aliphatic carbocycles. The summed E-state index contributed by atoms with van der Waals surface area (Å²) in [7, 11) is 0. The van der Waals surface area contributed by atoms with Crippen LogP contribution >= 0.6 is 11.6 Å². The molecule has 118 valence electrons. The van der Waals surface area contributed by atoms with Gasteiger partial charge in [-0.05, 0) is 31.5 Å². The lowest BCUT2D eigenvalue weighted by atomic mass is 10.0. The molecule has 2 aromatic carbocycles. The summed E-state index contributed by atoms with van der Waals surface area (Å²) in [5.41, 5.74) is 5.74. The highest BCUT2D eigenvalue weighted by atomic mass is 35.5. The van der Waals surface area contributed by atoms with Gasteiger partial charge in [0.05, 0.1) is 0 Å². The fraction of sp³-hybridized carbons (Fsp3) is 0.105. The summed E-state index contributed by atoms with van der Waals surface area (Å²) in [6, 6.07) is 15.6. The Morgan fingerprint density at radius 3 is 2.50 bits per heavy atom. The van der Waals surface area contributed by atoms with E-state index in [-0.39, 0.29) is 0 Å². The molecule has 4 nitrogen and oxygen atoms in total. The van der Waals surface area contributed by atoms with Crippen molar-refractivity contribution in [3.8, 4) is 22.6 Å². The Bertz CT molecular complexity index is 1040. The molecule has 0 atom stereocenters. The first-order valence-corrected chi connectivity index (χ1v) is 7.97. The minimum absolute atomic E-state index is 0.595. The van der Waals surface area contributed by atoms with Crippen LogP contribution in [0.3, 0.4) is 0 Å². The van der Waals surface area contributed by atoms with Gasteiger partial charge in [-0.3, -0.25) is 0 Å². The topological polar surface area (TPSA) is 51.8 Å². The van der Waals surface area contributed by atoms with Gasteiger partial charge in [0.25, 0.3) is 0 Å².